The van der Waals surface area contributed by atoms with Crippen molar-refractivity contribution in [2.45, 2.75) is 44.1 Å². The highest BCUT2D eigenvalue weighted by atomic mass is 32.1. The minimum absolute atomic E-state index is 0.0518. The number of aldehydes is 1. The minimum Gasteiger partial charge on any atom is -0.478 e. The van der Waals surface area contributed by atoms with Gasteiger partial charge in [0.15, 0.2) is 0 Å². The molecule has 38 heavy (non-hydrogen) atoms. The summed E-state index contributed by atoms with van der Waals surface area (Å²) >= 11 is 1.49. The Bertz CT molecular complexity index is 1200. The minimum atomic E-state index is -0.829. The molecule has 202 valence electrons. The maximum absolute atomic E-state index is 11.5. The first-order valence-corrected chi connectivity index (χ1v) is 14.0. The molecular weight excluding hydrogens is 500 g/mol. The van der Waals surface area contributed by atoms with E-state index in [0.29, 0.717) is 23.0 Å². The van der Waals surface area contributed by atoms with E-state index in [4.69, 9.17) is 4.74 Å². The van der Waals surface area contributed by atoms with Gasteiger partial charge in [-0.2, -0.15) is 0 Å². The molecule has 0 amide bonds. The highest BCUT2D eigenvalue weighted by Crippen LogP contribution is 2.39. The molecule has 0 radical (unpaired) electrons. The van der Waals surface area contributed by atoms with Gasteiger partial charge in [-0.25, -0.2) is 4.79 Å². The number of carboxylic acids is 1. The average molecular weight is 537 g/mol. The number of benzene rings is 2. The Morgan fingerprint density at radius 3 is 2.45 bits per heavy atom. The Hall–Kier alpha value is -3.20. The van der Waals surface area contributed by atoms with Gasteiger partial charge in [0.1, 0.15) is 11.3 Å². The second-order valence-corrected chi connectivity index (χ2v) is 10.7. The quantitative estimate of drug-likeness (QED) is 0.283. The van der Waals surface area contributed by atoms with Crippen LogP contribution in [0.2, 0.25) is 0 Å². The van der Waals surface area contributed by atoms with Crippen molar-refractivity contribution >= 4 is 34.3 Å². The van der Waals surface area contributed by atoms with E-state index in [2.05, 4.69) is 34.9 Å². The van der Waals surface area contributed by atoms with Crippen LogP contribution < -0.4 is 10.6 Å². The van der Waals surface area contributed by atoms with Gasteiger partial charge in [-0.05, 0) is 90.3 Å². The summed E-state index contributed by atoms with van der Waals surface area (Å²) in [5.74, 6) is -0.0756. The number of ether oxygens (including phenoxy) is 1. The third-order valence-corrected chi connectivity index (χ3v) is 8.49. The summed E-state index contributed by atoms with van der Waals surface area (Å²) in [6.45, 7) is 1.65. The van der Waals surface area contributed by atoms with Crippen molar-refractivity contribution in [1.82, 2.24) is 0 Å². The molecule has 0 bridgehead atoms. The molecule has 2 unspecified atom stereocenters. The zero-order chi connectivity index (χ0) is 26.9. The van der Waals surface area contributed by atoms with Gasteiger partial charge in [-0.1, -0.05) is 24.3 Å². The second kappa shape index (κ2) is 13.6. The lowest BCUT2D eigenvalue weighted by atomic mass is 9.80. The first-order valence-electron chi connectivity index (χ1n) is 13.1. The van der Waals surface area contributed by atoms with Crippen LogP contribution in [-0.2, 0) is 17.6 Å². The lowest BCUT2D eigenvalue weighted by Crippen LogP contribution is -2.36. The van der Waals surface area contributed by atoms with Crippen LogP contribution in [0, 0.1) is 5.92 Å². The zero-order valence-electron chi connectivity index (χ0n) is 21.7. The van der Waals surface area contributed by atoms with Gasteiger partial charge >= 0.3 is 5.97 Å². The standard InChI is InChI=1S/C16H17NO2S.C14H19NO3/c1-17-15-14(16(18)19)13(9-20-15)12-7-6-10-4-2-3-5-11(10)8-12;16-9-11-1-3-13(4-2-11)15-14(10-17)12-5-7-18-8-6-12/h2-5,9,12,17H,6-8H2,1H3,(H,18,19);1-4,9,12,14-15,17H,5-8,10H2. The van der Waals surface area contributed by atoms with Crippen molar-refractivity contribution < 1.29 is 24.5 Å². The molecule has 0 saturated carbocycles. The maximum Gasteiger partial charge on any atom is 0.338 e. The predicted molar refractivity (Wildman–Crippen MR) is 152 cm³/mol. The Balaban J connectivity index is 0.000000178. The first kappa shape index (κ1) is 27.8. The number of rotatable bonds is 8. The molecule has 2 aliphatic rings. The molecule has 1 fully saturated rings. The van der Waals surface area contributed by atoms with Crippen molar-refractivity contribution in [2.24, 2.45) is 5.92 Å². The number of hydrogen-bond acceptors (Lipinski definition) is 7. The molecule has 5 rings (SSSR count). The Labute approximate surface area is 227 Å². The fraction of sp³-hybridized carbons (Fsp3) is 0.400. The summed E-state index contributed by atoms with van der Waals surface area (Å²) in [5, 5.41) is 28.0. The van der Waals surface area contributed by atoms with Crippen molar-refractivity contribution in [3.8, 4) is 0 Å². The van der Waals surface area contributed by atoms with E-state index in [1.807, 2.05) is 17.5 Å². The van der Waals surface area contributed by atoms with E-state index in [1.54, 1.807) is 19.2 Å². The number of carboxylic acid groups (broad SMARTS) is 1. The van der Waals surface area contributed by atoms with Crippen LogP contribution in [0.3, 0.4) is 0 Å². The fourth-order valence-electron chi connectivity index (χ4n) is 5.34. The molecule has 1 saturated heterocycles. The van der Waals surface area contributed by atoms with Crippen LogP contribution in [0.4, 0.5) is 10.7 Å². The highest BCUT2D eigenvalue weighted by Gasteiger charge is 2.27. The topological polar surface area (TPSA) is 108 Å². The third kappa shape index (κ3) is 6.81. The Kier molecular flexibility index (Phi) is 9.92. The lowest BCUT2D eigenvalue weighted by molar-refractivity contribution is 0.0534. The van der Waals surface area contributed by atoms with Crippen LogP contribution in [0.15, 0.2) is 53.9 Å². The highest BCUT2D eigenvalue weighted by molar-refractivity contribution is 7.14. The summed E-state index contributed by atoms with van der Waals surface area (Å²) in [6, 6.07) is 15.8. The second-order valence-electron chi connectivity index (χ2n) is 9.78. The summed E-state index contributed by atoms with van der Waals surface area (Å²) in [6.07, 6.45) is 5.78. The Morgan fingerprint density at radius 2 is 1.82 bits per heavy atom. The van der Waals surface area contributed by atoms with E-state index < -0.39 is 5.97 Å². The van der Waals surface area contributed by atoms with Crippen molar-refractivity contribution in [3.05, 3.63) is 81.7 Å². The lowest BCUT2D eigenvalue weighted by Gasteiger charge is -2.30. The normalized spacial score (nSPS) is 17.9. The smallest absolute Gasteiger partial charge is 0.338 e. The number of fused-ring (bicyclic) bond motifs is 1. The zero-order valence-corrected chi connectivity index (χ0v) is 22.5. The summed E-state index contributed by atoms with van der Waals surface area (Å²) in [7, 11) is 1.78. The van der Waals surface area contributed by atoms with Gasteiger partial charge in [-0.15, -0.1) is 11.3 Å². The number of carbonyl (C=O) groups is 2. The molecule has 4 N–H and O–H groups in total. The molecule has 2 aromatic carbocycles. The van der Waals surface area contributed by atoms with Crippen LogP contribution in [0.5, 0.6) is 0 Å². The maximum atomic E-state index is 11.5. The van der Waals surface area contributed by atoms with Crippen molar-refractivity contribution in [1.29, 1.82) is 0 Å². The number of aromatic carboxylic acids is 1. The number of aryl methyl sites for hydroxylation is 1. The van der Waals surface area contributed by atoms with Crippen molar-refractivity contribution in [3.63, 3.8) is 0 Å². The van der Waals surface area contributed by atoms with Gasteiger partial charge in [0.2, 0.25) is 0 Å². The largest absolute Gasteiger partial charge is 0.478 e. The summed E-state index contributed by atoms with van der Waals surface area (Å²) < 4.78 is 5.33. The number of nitrogens with one attached hydrogen (secondary N) is 2. The molecule has 8 heteroatoms. The van der Waals surface area contributed by atoms with Gasteiger partial charge in [0.05, 0.1) is 18.2 Å². The van der Waals surface area contributed by atoms with E-state index in [0.717, 1.165) is 67.9 Å². The molecular formula is C30H36N2O5S. The van der Waals surface area contributed by atoms with Crippen molar-refractivity contribution in [2.75, 3.05) is 37.5 Å². The monoisotopic (exact) mass is 536 g/mol. The summed E-state index contributed by atoms with van der Waals surface area (Å²) in [4.78, 5) is 22.1. The molecule has 3 aromatic rings. The number of anilines is 2. The number of thiophene rings is 1. The molecule has 1 aliphatic carbocycles. The number of aliphatic hydroxyl groups excluding tert-OH is 1. The van der Waals surface area contributed by atoms with Crippen LogP contribution >= 0.6 is 11.3 Å². The molecule has 7 nitrogen and oxygen atoms in total. The first-order chi connectivity index (χ1) is 18.5. The van der Waals surface area contributed by atoms with Gasteiger partial charge in [0, 0.05) is 31.5 Å². The molecule has 0 spiro atoms. The van der Waals surface area contributed by atoms with Gasteiger partial charge < -0.3 is 25.6 Å². The molecule has 1 aliphatic heterocycles. The van der Waals surface area contributed by atoms with Crippen LogP contribution in [-0.4, -0.2) is 55.4 Å². The van der Waals surface area contributed by atoms with Crippen LogP contribution in [0.25, 0.3) is 0 Å². The van der Waals surface area contributed by atoms with Gasteiger partial charge in [-0.3, -0.25) is 4.79 Å². The molecule has 2 atom stereocenters. The Morgan fingerprint density at radius 1 is 1.11 bits per heavy atom. The number of aliphatic hydroxyl groups is 1. The predicted octanol–water partition coefficient (Wildman–Crippen LogP) is 5.46. The van der Waals surface area contributed by atoms with Gasteiger partial charge in [0.25, 0.3) is 0 Å². The van der Waals surface area contributed by atoms with E-state index in [9.17, 15) is 19.8 Å². The number of carbonyl (C=O) groups excluding carboxylic acids is 1. The third-order valence-electron chi connectivity index (χ3n) is 7.48. The van der Waals surface area contributed by atoms with E-state index in [1.165, 1.54) is 22.5 Å². The van der Waals surface area contributed by atoms with E-state index in [-0.39, 0.29) is 12.6 Å². The SMILES string of the molecule is CNc1scc(C2CCc3ccccc3C2)c1C(=O)O.O=Cc1ccc(NC(CO)C2CCOCC2)cc1. The molecule has 1 aromatic heterocycles. The average Bonchev–Trinajstić information content (AvgIpc) is 3.41. The van der Waals surface area contributed by atoms with E-state index >= 15 is 0 Å². The number of hydrogen-bond donors (Lipinski definition) is 4. The fourth-order valence-corrected chi connectivity index (χ4v) is 6.34. The molecule has 2 heterocycles. The summed E-state index contributed by atoms with van der Waals surface area (Å²) in [5.41, 5.74) is 5.81. The van der Waals surface area contributed by atoms with Crippen LogP contribution in [0.1, 0.15) is 62.6 Å².